The Kier molecular flexibility index (Phi) is 5.99. The molecular formula is C14H20ClNO2. The van der Waals surface area contributed by atoms with Gasteiger partial charge in [-0.05, 0) is 44.0 Å². The third-order valence-corrected chi connectivity index (χ3v) is 2.87. The number of ether oxygens (including phenoxy) is 1. The van der Waals surface area contributed by atoms with Crippen molar-refractivity contribution in [3.63, 3.8) is 0 Å². The monoisotopic (exact) mass is 269 g/mol. The van der Waals surface area contributed by atoms with Crippen molar-refractivity contribution in [3.8, 4) is 5.75 Å². The summed E-state index contributed by atoms with van der Waals surface area (Å²) >= 11 is 5.87. The van der Waals surface area contributed by atoms with Crippen LogP contribution in [-0.4, -0.2) is 18.6 Å². The van der Waals surface area contributed by atoms with Crippen LogP contribution in [0, 0.1) is 6.92 Å². The fourth-order valence-corrected chi connectivity index (χ4v) is 1.75. The Hall–Kier alpha value is -1.22. The second-order valence-corrected chi connectivity index (χ2v) is 4.75. The Morgan fingerprint density at radius 2 is 2.22 bits per heavy atom. The van der Waals surface area contributed by atoms with E-state index in [0.29, 0.717) is 17.3 Å². The van der Waals surface area contributed by atoms with E-state index >= 15 is 0 Å². The average Bonchev–Trinajstić information content (AvgIpc) is 2.32. The Morgan fingerprint density at radius 3 is 2.83 bits per heavy atom. The molecule has 18 heavy (non-hydrogen) atoms. The van der Waals surface area contributed by atoms with Gasteiger partial charge in [-0.3, -0.25) is 4.79 Å². The first-order chi connectivity index (χ1) is 8.54. The fourth-order valence-electron chi connectivity index (χ4n) is 1.52. The molecule has 1 rings (SSSR count). The molecule has 0 saturated carbocycles. The number of carbonyl (C=O) groups excluding carboxylic acids is 1. The average molecular weight is 270 g/mol. The molecule has 0 radical (unpaired) electrons. The van der Waals surface area contributed by atoms with Gasteiger partial charge in [0.2, 0.25) is 0 Å². The molecule has 4 heteroatoms. The van der Waals surface area contributed by atoms with E-state index in [1.165, 1.54) is 0 Å². The number of amides is 1. The third-order valence-electron chi connectivity index (χ3n) is 2.64. The van der Waals surface area contributed by atoms with Crippen LogP contribution >= 0.6 is 11.6 Å². The molecule has 100 valence electrons. The summed E-state index contributed by atoms with van der Waals surface area (Å²) in [6.45, 7) is 6.43. The van der Waals surface area contributed by atoms with Crippen molar-refractivity contribution in [1.29, 1.82) is 0 Å². The lowest BCUT2D eigenvalue weighted by atomic mass is 10.2. The Labute approximate surface area is 113 Å². The van der Waals surface area contributed by atoms with Crippen LogP contribution in [-0.2, 0) is 4.79 Å². The summed E-state index contributed by atoms with van der Waals surface area (Å²) in [7, 11) is 0. The molecule has 0 heterocycles. The topological polar surface area (TPSA) is 38.3 Å². The van der Waals surface area contributed by atoms with E-state index in [4.69, 9.17) is 16.3 Å². The molecule has 0 saturated heterocycles. The van der Waals surface area contributed by atoms with Crippen molar-refractivity contribution in [1.82, 2.24) is 5.32 Å². The first-order valence-electron chi connectivity index (χ1n) is 6.25. The van der Waals surface area contributed by atoms with Gasteiger partial charge < -0.3 is 10.1 Å². The SMILES string of the molecule is CCCCNC(=O)C(C)Oc1ccc(Cl)cc1C. The van der Waals surface area contributed by atoms with Gasteiger partial charge in [-0.15, -0.1) is 0 Å². The molecule has 1 unspecified atom stereocenters. The zero-order valence-corrected chi connectivity index (χ0v) is 11.9. The van der Waals surface area contributed by atoms with Crippen molar-refractivity contribution in [2.45, 2.75) is 39.7 Å². The fraction of sp³-hybridized carbons (Fsp3) is 0.500. The van der Waals surface area contributed by atoms with Crippen molar-refractivity contribution in [2.24, 2.45) is 0 Å². The van der Waals surface area contributed by atoms with E-state index in [9.17, 15) is 4.79 Å². The van der Waals surface area contributed by atoms with Crippen LogP contribution in [0.25, 0.3) is 0 Å². The molecular weight excluding hydrogens is 250 g/mol. The summed E-state index contributed by atoms with van der Waals surface area (Å²) in [5, 5.41) is 3.51. The number of nitrogens with one attached hydrogen (secondary N) is 1. The summed E-state index contributed by atoms with van der Waals surface area (Å²) in [6, 6.07) is 5.36. The van der Waals surface area contributed by atoms with E-state index in [2.05, 4.69) is 12.2 Å². The maximum Gasteiger partial charge on any atom is 0.260 e. The van der Waals surface area contributed by atoms with E-state index in [1.807, 2.05) is 13.0 Å². The van der Waals surface area contributed by atoms with Gasteiger partial charge in [-0.1, -0.05) is 24.9 Å². The van der Waals surface area contributed by atoms with Gasteiger partial charge in [0.05, 0.1) is 0 Å². The number of aryl methyl sites for hydroxylation is 1. The lowest BCUT2D eigenvalue weighted by Crippen LogP contribution is -2.36. The highest BCUT2D eigenvalue weighted by Crippen LogP contribution is 2.22. The van der Waals surface area contributed by atoms with E-state index < -0.39 is 6.10 Å². The highest BCUT2D eigenvalue weighted by Gasteiger charge is 2.14. The van der Waals surface area contributed by atoms with Crippen LogP contribution in [0.15, 0.2) is 18.2 Å². The van der Waals surface area contributed by atoms with Crippen LogP contribution in [0.5, 0.6) is 5.75 Å². The molecule has 0 fully saturated rings. The lowest BCUT2D eigenvalue weighted by Gasteiger charge is -2.16. The zero-order valence-electron chi connectivity index (χ0n) is 11.1. The van der Waals surface area contributed by atoms with Gasteiger partial charge in [0.1, 0.15) is 5.75 Å². The molecule has 0 aliphatic rings. The summed E-state index contributed by atoms with van der Waals surface area (Å²) in [5.41, 5.74) is 0.927. The number of halogens is 1. The molecule has 0 spiro atoms. The Bertz CT molecular complexity index is 407. The highest BCUT2D eigenvalue weighted by atomic mass is 35.5. The van der Waals surface area contributed by atoms with Crippen LogP contribution in [0.3, 0.4) is 0 Å². The second kappa shape index (κ2) is 7.27. The third kappa shape index (κ3) is 4.57. The van der Waals surface area contributed by atoms with Crippen LogP contribution < -0.4 is 10.1 Å². The minimum atomic E-state index is -0.498. The van der Waals surface area contributed by atoms with Gasteiger partial charge in [0, 0.05) is 11.6 Å². The highest BCUT2D eigenvalue weighted by molar-refractivity contribution is 6.30. The first-order valence-corrected chi connectivity index (χ1v) is 6.63. The van der Waals surface area contributed by atoms with E-state index in [-0.39, 0.29) is 5.91 Å². The molecule has 3 nitrogen and oxygen atoms in total. The predicted molar refractivity (Wildman–Crippen MR) is 74.2 cm³/mol. The lowest BCUT2D eigenvalue weighted by molar-refractivity contribution is -0.127. The van der Waals surface area contributed by atoms with Crippen molar-refractivity contribution >= 4 is 17.5 Å². The number of carbonyl (C=O) groups is 1. The van der Waals surface area contributed by atoms with Gasteiger partial charge >= 0.3 is 0 Å². The maximum absolute atomic E-state index is 11.7. The van der Waals surface area contributed by atoms with Crippen molar-refractivity contribution in [2.75, 3.05) is 6.54 Å². The molecule has 1 aromatic rings. The number of rotatable bonds is 6. The Morgan fingerprint density at radius 1 is 1.50 bits per heavy atom. The normalized spacial score (nSPS) is 12.0. The van der Waals surface area contributed by atoms with Crippen LogP contribution in [0.4, 0.5) is 0 Å². The predicted octanol–water partition coefficient (Wildman–Crippen LogP) is 3.33. The minimum Gasteiger partial charge on any atom is -0.481 e. The van der Waals surface area contributed by atoms with Crippen molar-refractivity contribution < 1.29 is 9.53 Å². The zero-order chi connectivity index (χ0) is 13.5. The number of benzene rings is 1. The standard InChI is InChI=1S/C14H20ClNO2/c1-4-5-8-16-14(17)11(3)18-13-7-6-12(15)9-10(13)2/h6-7,9,11H,4-5,8H2,1-3H3,(H,16,17). The largest absolute Gasteiger partial charge is 0.481 e. The molecule has 0 aromatic heterocycles. The molecule has 1 aromatic carbocycles. The van der Waals surface area contributed by atoms with Gasteiger partial charge in [0.25, 0.3) is 5.91 Å². The van der Waals surface area contributed by atoms with Gasteiger partial charge in [-0.2, -0.15) is 0 Å². The summed E-state index contributed by atoms with van der Waals surface area (Å²) in [6.07, 6.45) is 1.55. The van der Waals surface area contributed by atoms with Crippen LogP contribution in [0.2, 0.25) is 5.02 Å². The molecule has 0 aliphatic carbocycles. The minimum absolute atomic E-state index is 0.0854. The summed E-state index contributed by atoms with van der Waals surface area (Å²) in [4.78, 5) is 11.7. The Balaban J connectivity index is 2.53. The maximum atomic E-state index is 11.7. The van der Waals surface area contributed by atoms with Crippen LogP contribution in [0.1, 0.15) is 32.3 Å². The molecule has 1 N–H and O–H groups in total. The van der Waals surface area contributed by atoms with Gasteiger partial charge in [0.15, 0.2) is 6.10 Å². The number of unbranched alkanes of at least 4 members (excludes halogenated alkanes) is 1. The second-order valence-electron chi connectivity index (χ2n) is 4.31. The molecule has 1 amide bonds. The number of hydrogen-bond acceptors (Lipinski definition) is 2. The quantitative estimate of drug-likeness (QED) is 0.805. The smallest absolute Gasteiger partial charge is 0.260 e. The summed E-state index contributed by atoms with van der Waals surface area (Å²) < 4.78 is 5.62. The number of hydrogen-bond donors (Lipinski definition) is 1. The molecule has 1 atom stereocenters. The van der Waals surface area contributed by atoms with Crippen molar-refractivity contribution in [3.05, 3.63) is 28.8 Å². The van der Waals surface area contributed by atoms with Gasteiger partial charge in [-0.25, -0.2) is 0 Å². The summed E-state index contributed by atoms with van der Waals surface area (Å²) in [5.74, 6) is 0.607. The van der Waals surface area contributed by atoms with E-state index in [1.54, 1.807) is 19.1 Å². The van der Waals surface area contributed by atoms with E-state index in [0.717, 1.165) is 18.4 Å². The molecule has 0 aliphatic heterocycles. The first kappa shape index (κ1) is 14.8. The molecule has 0 bridgehead atoms.